The van der Waals surface area contributed by atoms with Crippen molar-refractivity contribution in [1.29, 1.82) is 0 Å². The summed E-state index contributed by atoms with van der Waals surface area (Å²) >= 11 is 0. The Morgan fingerprint density at radius 1 is 1.07 bits per heavy atom. The van der Waals surface area contributed by atoms with E-state index in [0.29, 0.717) is 11.5 Å². The second kappa shape index (κ2) is 8.14. The van der Waals surface area contributed by atoms with Crippen molar-refractivity contribution in [3.63, 3.8) is 0 Å². The number of aromatic hydroxyl groups is 2. The van der Waals surface area contributed by atoms with Crippen LogP contribution < -0.4 is 18.9 Å². The minimum atomic E-state index is -0.260. The van der Waals surface area contributed by atoms with Crippen molar-refractivity contribution >= 4 is 0 Å². The van der Waals surface area contributed by atoms with Crippen LogP contribution >= 0.6 is 0 Å². The number of nitrogens with zero attached hydrogens (tertiary/aromatic N) is 1. The number of hydrogen-bond acceptors (Lipinski definition) is 7. The lowest BCUT2D eigenvalue weighted by Gasteiger charge is -2.43. The number of phenols is 2. The van der Waals surface area contributed by atoms with Crippen molar-refractivity contribution in [2.45, 2.75) is 39.3 Å². The molecule has 0 aromatic heterocycles. The van der Waals surface area contributed by atoms with Gasteiger partial charge >= 0.3 is 0 Å². The zero-order chi connectivity index (χ0) is 21.4. The first-order valence-electron chi connectivity index (χ1n) is 10.4. The Labute approximate surface area is 176 Å². The average Bonchev–Trinajstić information content (AvgIpc) is 3.19. The maximum absolute atomic E-state index is 10.3. The molecule has 2 heterocycles. The van der Waals surface area contributed by atoms with Crippen LogP contribution in [0.5, 0.6) is 34.5 Å². The average molecular weight is 415 g/mol. The van der Waals surface area contributed by atoms with Gasteiger partial charge in [-0.3, -0.25) is 4.90 Å². The third kappa shape index (κ3) is 3.37. The molecule has 0 amide bonds. The summed E-state index contributed by atoms with van der Waals surface area (Å²) in [7, 11) is 1.47. The van der Waals surface area contributed by atoms with E-state index in [1.165, 1.54) is 7.11 Å². The van der Waals surface area contributed by atoms with E-state index in [4.69, 9.17) is 18.9 Å². The van der Waals surface area contributed by atoms with Gasteiger partial charge in [-0.05, 0) is 36.7 Å². The van der Waals surface area contributed by atoms with Gasteiger partial charge in [-0.25, -0.2) is 0 Å². The Kier molecular flexibility index (Phi) is 5.56. The van der Waals surface area contributed by atoms with Crippen molar-refractivity contribution in [3.8, 4) is 34.5 Å². The van der Waals surface area contributed by atoms with Crippen molar-refractivity contribution in [2.24, 2.45) is 5.92 Å². The number of ether oxygens (including phenoxy) is 4. The number of rotatable bonds is 6. The van der Waals surface area contributed by atoms with Crippen LogP contribution in [0.15, 0.2) is 24.3 Å². The molecule has 0 saturated carbocycles. The van der Waals surface area contributed by atoms with E-state index in [9.17, 15) is 10.2 Å². The second-order valence-corrected chi connectivity index (χ2v) is 7.81. The summed E-state index contributed by atoms with van der Waals surface area (Å²) in [6.45, 7) is 8.40. The molecule has 4 rings (SSSR count). The summed E-state index contributed by atoms with van der Waals surface area (Å²) in [4.78, 5) is 2.32. The molecule has 3 atom stereocenters. The van der Waals surface area contributed by atoms with Gasteiger partial charge in [0.2, 0.25) is 12.5 Å². The zero-order valence-corrected chi connectivity index (χ0v) is 17.8. The van der Waals surface area contributed by atoms with Crippen LogP contribution in [0.4, 0.5) is 0 Å². The molecule has 162 valence electrons. The molecule has 2 aliphatic heterocycles. The van der Waals surface area contributed by atoms with Crippen molar-refractivity contribution in [2.75, 3.05) is 27.0 Å². The van der Waals surface area contributed by atoms with E-state index >= 15 is 0 Å². The molecular formula is C23H29NO6. The molecule has 7 nitrogen and oxygen atoms in total. The summed E-state index contributed by atoms with van der Waals surface area (Å²) in [6, 6.07) is 7.23. The number of methoxy groups -OCH3 is 1. The van der Waals surface area contributed by atoms with Gasteiger partial charge < -0.3 is 29.2 Å². The lowest BCUT2D eigenvalue weighted by atomic mass is 9.78. The number of benzene rings is 2. The molecular weight excluding hydrogens is 386 g/mol. The molecule has 30 heavy (non-hydrogen) atoms. The van der Waals surface area contributed by atoms with E-state index in [1.807, 2.05) is 12.1 Å². The molecule has 2 aromatic carbocycles. The number of phenolic OH excluding ortho intramolecular Hbond substituents is 2. The van der Waals surface area contributed by atoms with Gasteiger partial charge in [0, 0.05) is 30.0 Å². The summed E-state index contributed by atoms with van der Waals surface area (Å²) in [5, 5.41) is 20.4. The highest BCUT2D eigenvalue weighted by Gasteiger charge is 2.40. The van der Waals surface area contributed by atoms with E-state index in [0.717, 1.165) is 36.4 Å². The molecule has 0 saturated heterocycles. The molecule has 2 aromatic rings. The second-order valence-electron chi connectivity index (χ2n) is 7.81. The van der Waals surface area contributed by atoms with E-state index in [2.05, 4.69) is 25.7 Å². The molecule has 2 aliphatic rings. The fourth-order valence-electron chi connectivity index (χ4n) is 4.56. The summed E-state index contributed by atoms with van der Waals surface area (Å²) in [6.07, 6.45) is 0.877. The predicted molar refractivity (Wildman–Crippen MR) is 112 cm³/mol. The van der Waals surface area contributed by atoms with Crippen LogP contribution in [0.3, 0.4) is 0 Å². The van der Waals surface area contributed by atoms with Crippen LogP contribution in [-0.2, 0) is 0 Å². The highest BCUT2D eigenvalue weighted by Crippen LogP contribution is 2.51. The molecule has 0 radical (unpaired) electrons. The monoisotopic (exact) mass is 415 g/mol. The van der Waals surface area contributed by atoms with Crippen molar-refractivity contribution in [3.05, 3.63) is 35.4 Å². The lowest BCUT2D eigenvalue weighted by molar-refractivity contribution is -0.0286. The molecule has 0 aliphatic carbocycles. The topological polar surface area (TPSA) is 80.6 Å². The standard InChI is InChI=1S/C23H29NO6/c1-5-7-24(6-2)23-13(3)21(14-8-16(25)22(26)20(9-14)27-4)15-10-18-19(29-12-28-18)11-17(15)30-23/h8-11,13,21,23,25-26H,5-7,12H2,1-4H3. The van der Waals surface area contributed by atoms with Gasteiger partial charge in [0.25, 0.3) is 0 Å². The molecule has 0 fully saturated rings. The minimum absolute atomic E-state index is 0.0676. The summed E-state index contributed by atoms with van der Waals surface area (Å²) in [5.74, 6) is 1.84. The first kappa shape index (κ1) is 20.5. The van der Waals surface area contributed by atoms with Crippen LogP contribution in [-0.4, -0.2) is 48.3 Å². The van der Waals surface area contributed by atoms with E-state index in [-0.39, 0.29) is 42.1 Å². The fraction of sp³-hybridized carbons (Fsp3) is 0.478. The molecule has 3 unspecified atom stereocenters. The van der Waals surface area contributed by atoms with Gasteiger partial charge in [-0.2, -0.15) is 0 Å². The minimum Gasteiger partial charge on any atom is -0.504 e. The molecule has 2 N–H and O–H groups in total. The quantitative estimate of drug-likeness (QED) is 0.689. The van der Waals surface area contributed by atoms with Gasteiger partial charge in [-0.15, -0.1) is 0 Å². The summed E-state index contributed by atoms with van der Waals surface area (Å²) in [5.41, 5.74) is 1.80. The SMILES string of the molecule is CCCN(CC)C1Oc2cc3c(cc2C(c2cc(O)c(O)c(OC)c2)C1C)OCO3. The Balaban J connectivity index is 1.86. The normalized spacial score (nSPS) is 22.0. The maximum Gasteiger partial charge on any atom is 0.231 e. The highest BCUT2D eigenvalue weighted by atomic mass is 16.7. The van der Waals surface area contributed by atoms with Gasteiger partial charge in [0.1, 0.15) is 5.75 Å². The van der Waals surface area contributed by atoms with Crippen LogP contribution in [0.25, 0.3) is 0 Å². The predicted octanol–water partition coefficient (Wildman–Crippen LogP) is 4.05. The smallest absolute Gasteiger partial charge is 0.231 e. The van der Waals surface area contributed by atoms with Crippen molar-refractivity contribution < 1.29 is 29.2 Å². The maximum atomic E-state index is 10.3. The van der Waals surface area contributed by atoms with Gasteiger partial charge in [0.15, 0.2) is 29.2 Å². The van der Waals surface area contributed by atoms with Gasteiger partial charge in [0.05, 0.1) is 7.11 Å². The molecule has 0 spiro atoms. The zero-order valence-electron chi connectivity index (χ0n) is 17.8. The summed E-state index contributed by atoms with van der Waals surface area (Å²) < 4.78 is 22.9. The van der Waals surface area contributed by atoms with Crippen LogP contribution in [0.2, 0.25) is 0 Å². The number of hydrogen-bond donors (Lipinski definition) is 2. The molecule has 7 heteroatoms. The first-order valence-corrected chi connectivity index (χ1v) is 10.4. The van der Waals surface area contributed by atoms with Gasteiger partial charge in [-0.1, -0.05) is 20.8 Å². The van der Waals surface area contributed by atoms with Crippen molar-refractivity contribution in [1.82, 2.24) is 4.90 Å². The van der Waals surface area contributed by atoms with E-state index < -0.39 is 0 Å². The fourth-order valence-corrected chi connectivity index (χ4v) is 4.56. The Bertz CT molecular complexity index is 930. The lowest BCUT2D eigenvalue weighted by Crippen LogP contribution is -2.48. The third-order valence-corrected chi connectivity index (χ3v) is 6.00. The van der Waals surface area contributed by atoms with Crippen LogP contribution in [0.1, 0.15) is 44.2 Å². The first-order chi connectivity index (χ1) is 14.5. The molecule has 0 bridgehead atoms. The largest absolute Gasteiger partial charge is 0.504 e. The highest BCUT2D eigenvalue weighted by molar-refractivity contribution is 5.59. The number of fused-ring (bicyclic) bond motifs is 2. The Morgan fingerprint density at radius 3 is 2.47 bits per heavy atom. The third-order valence-electron chi connectivity index (χ3n) is 6.00. The Hall–Kier alpha value is -2.80. The van der Waals surface area contributed by atoms with E-state index in [1.54, 1.807) is 12.1 Å². The Morgan fingerprint density at radius 2 is 1.80 bits per heavy atom. The van der Waals surface area contributed by atoms with Crippen LogP contribution in [0, 0.1) is 5.92 Å².